The molecule has 0 saturated heterocycles. The molecular weight excluding hydrogens is 200 g/mol. The van der Waals surface area contributed by atoms with Crippen molar-refractivity contribution in [2.24, 2.45) is 0 Å². The fourth-order valence-corrected chi connectivity index (χ4v) is 1.97. The van der Waals surface area contributed by atoms with Gasteiger partial charge in [0.15, 0.2) is 0 Å². The van der Waals surface area contributed by atoms with Gasteiger partial charge in [-0.05, 0) is 18.6 Å². The summed E-state index contributed by atoms with van der Waals surface area (Å²) in [7, 11) is 0. The fourth-order valence-electron chi connectivity index (χ4n) is 1.97. The summed E-state index contributed by atoms with van der Waals surface area (Å²) < 4.78 is 2.19. The standard InChI is InChI=1S/C13H17N2O/c1-2-3-9-15-12-7-5-4-6-11(12)14-13(15)8-10-16/h4-7H,2-3,8-10H2,1H3. The number of imidazole rings is 1. The number of nitrogens with zero attached hydrogens (tertiary/aromatic N) is 2. The predicted octanol–water partition coefficient (Wildman–Crippen LogP) is 2.81. The molecular formula is C13H17N2O. The number of rotatable bonds is 5. The first-order valence-electron chi connectivity index (χ1n) is 5.89. The SMILES string of the molecule is CCCCn1c(CC[O])nc2ccccc21. The van der Waals surface area contributed by atoms with Crippen LogP contribution in [0.3, 0.4) is 0 Å². The molecule has 0 fully saturated rings. The molecule has 3 heteroatoms. The summed E-state index contributed by atoms with van der Waals surface area (Å²) in [5, 5.41) is 10.7. The minimum absolute atomic E-state index is 0.0879. The van der Waals surface area contributed by atoms with E-state index in [0.29, 0.717) is 6.42 Å². The van der Waals surface area contributed by atoms with Gasteiger partial charge in [-0.1, -0.05) is 25.5 Å². The molecule has 0 spiro atoms. The molecule has 2 aromatic rings. The van der Waals surface area contributed by atoms with Gasteiger partial charge >= 0.3 is 0 Å². The number of unbranched alkanes of at least 4 members (excludes halogenated alkanes) is 1. The number of fused-ring (bicyclic) bond motifs is 1. The van der Waals surface area contributed by atoms with Crippen molar-refractivity contribution < 1.29 is 5.11 Å². The van der Waals surface area contributed by atoms with E-state index in [0.717, 1.165) is 36.2 Å². The van der Waals surface area contributed by atoms with Gasteiger partial charge in [-0.25, -0.2) is 10.1 Å². The fraction of sp³-hybridized carbons (Fsp3) is 0.462. The third kappa shape index (κ3) is 2.09. The highest BCUT2D eigenvalue weighted by Gasteiger charge is 2.08. The van der Waals surface area contributed by atoms with E-state index in [9.17, 15) is 5.11 Å². The van der Waals surface area contributed by atoms with Crippen LogP contribution >= 0.6 is 0 Å². The Bertz CT molecular complexity index is 462. The van der Waals surface area contributed by atoms with Crippen molar-refractivity contribution in [1.29, 1.82) is 0 Å². The molecule has 0 atom stereocenters. The van der Waals surface area contributed by atoms with Crippen molar-refractivity contribution in [2.45, 2.75) is 32.7 Å². The Morgan fingerprint density at radius 3 is 2.88 bits per heavy atom. The Balaban J connectivity index is 2.42. The molecule has 0 amide bonds. The van der Waals surface area contributed by atoms with Crippen molar-refractivity contribution in [3.63, 3.8) is 0 Å². The summed E-state index contributed by atoms with van der Waals surface area (Å²) in [6.07, 6.45) is 2.81. The van der Waals surface area contributed by atoms with E-state index in [1.807, 2.05) is 18.2 Å². The highest BCUT2D eigenvalue weighted by Crippen LogP contribution is 2.17. The topological polar surface area (TPSA) is 37.7 Å². The summed E-state index contributed by atoms with van der Waals surface area (Å²) in [5.41, 5.74) is 2.15. The highest BCUT2D eigenvalue weighted by molar-refractivity contribution is 5.75. The van der Waals surface area contributed by atoms with Gasteiger partial charge in [0.2, 0.25) is 0 Å². The number of hydrogen-bond acceptors (Lipinski definition) is 1. The first-order chi connectivity index (χ1) is 7.86. The molecule has 0 aliphatic heterocycles. The van der Waals surface area contributed by atoms with E-state index in [-0.39, 0.29) is 6.61 Å². The third-order valence-electron chi connectivity index (χ3n) is 2.79. The molecule has 2 rings (SSSR count). The van der Waals surface area contributed by atoms with Gasteiger partial charge in [-0.2, -0.15) is 0 Å². The van der Waals surface area contributed by atoms with Gasteiger partial charge in [0, 0.05) is 13.0 Å². The zero-order chi connectivity index (χ0) is 11.4. The largest absolute Gasteiger partial charge is 0.328 e. The first kappa shape index (κ1) is 11.1. The normalized spacial score (nSPS) is 11.1. The maximum Gasteiger partial charge on any atom is 0.112 e. The van der Waals surface area contributed by atoms with Crippen molar-refractivity contribution in [3.8, 4) is 0 Å². The van der Waals surface area contributed by atoms with Crippen LogP contribution in [0.5, 0.6) is 0 Å². The Morgan fingerprint density at radius 1 is 1.31 bits per heavy atom. The molecule has 0 saturated carbocycles. The number of para-hydroxylation sites is 2. The van der Waals surface area contributed by atoms with Crippen LogP contribution in [0, 0.1) is 0 Å². The van der Waals surface area contributed by atoms with Crippen molar-refractivity contribution in [1.82, 2.24) is 9.55 Å². The van der Waals surface area contributed by atoms with E-state index >= 15 is 0 Å². The van der Waals surface area contributed by atoms with Crippen LogP contribution in [0.1, 0.15) is 25.6 Å². The average Bonchev–Trinajstić information content (AvgIpc) is 2.65. The van der Waals surface area contributed by atoms with Crippen molar-refractivity contribution in [3.05, 3.63) is 30.1 Å². The molecule has 1 aromatic heterocycles. The van der Waals surface area contributed by atoms with Crippen molar-refractivity contribution >= 4 is 11.0 Å². The van der Waals surface area contributed by atoms with Crippen LogP contribution in [0.25, 0.3) is 11.0 Å². The van der Waals surface area contributed by atoms with Crippen LogP contribution in [-0.4, -0.2) is 16.2 Å². The average molecular weight is 217 g/mol. The zero-order valence-corrected chi connectivity index (χ0v) is 9.65. The molecule has 16 heavy (non-hydrogen) atoms. The second-order valence-electron chi connectivity index (χ2n) is 3.98. The third-order valence-corrected chi connectivity index (χ3v) is 2.79. The summed E-state index contributed by atoms with van der Waals surface area (Å²) in [4.78, 5) is 4.52. The van der Waals surface area contributed by atoms with E-state index in [2.05, 4.69) is 22.5 Å². The van der Waals surface area contributed by atoms with Gasteiger partial charge in [0.1, 0.15) is 5.82 Å². The summed E-state index contributed by atoms with van der Waals surface area (Å²) >= 11 is 0. The quantitative estimate of drug-likeness (QED) is 0.758. The lowest BCUT2D eigenvalue weighted by atomic mass is 10.3. The molecule has 0 N–H and O–H groups in total. The maximum absolute atomic E-state index is 10.7. The van der Waals surface area contributed by atoms with Crippen LogP contribution in [-0.2, 0) is 18.1 Å². The van der Waals surface area contributed by atoms with Crippen LogP contribution < -0.4 is 0 Å². The monoisotopic (exact) mass is 217 g/mol. The van der Waals surface area contributed by atoms with Crippen molar-refractivity contribution in [2.75, 3.05) is 6.61 Å². The maximum atomic E-state index is 10.7. The van der Waals surface area contributed by atoms with E-state index < -0.39 is 0 Å². The minimum Gasteiger partial charge on any atom is -0.328 e. The molecule has 1 radical (unpaired) electrons. The molecule has 1 aromatic carbocycles. The van der Waals surface area contributed by atoms with E-state index in [1.165, 1.54) is 0 Å². The second-order valence-corrected chi connectivity index (χ2v) is 3.98. The minimum atomic E-state index is -0.0879. The first-order valence-corrected chi connectivity index (χ1v) is 5.89. The van der Waals surface area contributed by atoms with Gasteiger partial charge < -0.3 is 4.57 Å². The zero-order valence-electron chi connectivity index (χ0n) is 9.65. The molecule has 0 aliphatic carbocycles. The molecule has 0 unspecified atom stereocenters. The van der Waals surface area contributed by atoms with Crippen LogP contribution in [0.2, 0.25) is 0 Å². The van der Waals surface area contributed by atoms with Crippen LogP contribution in [0.4, 0.5) is 0 Å². The van der Waals surface area contributed by atoms with Crippen LogP contribution in [0.15, 0.2) is 24.3 Å². The number of benzene rings is 1. The molecule has 0 bridgehead atoms. The predicted molar refractivity (Wildman–Crippen MR) is 63.9 cm³/mol. The Labute approximate surface area is 95.7 Å². The van der Waals surface area contributed by atoms with E-state index in [1.54, 1.807) is 0 Å². The lowest BCUT2D eigenvalue weighted by Gasteiger charge is -2.06. The molecule has 1 heterocycles. The van der Waals surface area contributed by atoms with Gasteiger partial charge in [-0.3, -0.25) is 0 Å². The highest BCUT2D eigenvalue weighted by atomic mass is 16.3. The lowest BCUT2D eigenvalue weighted by Crippen LogP contribution is -2.05. The molecule has 0 aliphatic rings. The summed E-state index contributed by atoms with van der Waals surface area (Å²) in [5.74, 6) is 0.935. The van der Waals surface area contributed by atoms with Gasteiger partial charge in [-0.15, -0.1) is 0 Å². The summed E-state index contributed by atoms with van der Waals surface area (Å²) in [6.45, 7) is 3.05. The number of hydrogen-bond donors (Lipinski definition) is 0. The van der Waals surface area contributed by atoms with E-state index in [4.69, 9.17) is 0 Å². The lowest BCUT2D eigenvalue weighted by molar-refractivity contribution is 0.194. The number of aryl methyl sites for hydroxylation is 1. The Hall–Kier alpha value is -1.35. The molecule has 85 valence electrons. The number of aromatic nitrogens is 2. The second kappa shape index (κ2) is 5.12. The Morgan fingerprint density at radius 2 is 2.12 bits per heavy atom. The summed E-state index contributed by atoms with van der Waals surface area (Å²) in [6, 6.07) is 8.09. The Kier molecular flexibility index (Phi) is 3.57. The van der Waals surface area contributed by atoms with Gasteiger partial charge in [0.05, 0.1) is 17.6 Å². The molecule has 3 nitrogen and oxygen atoms in total. The smallest absolute Gasteiger partial charge is 0.112 e. The van der Waals surface area contributed by atoms with Gasteiger partial charge in [0.25, 0.3) is 0 Å².